The first-order chi connectivity index (χ1) is 7.40. The van der Waals surface area contributed by atoms with Crippen LogP contribution < -0.4 is 5.73 Å². The number of esters is 1. The predicted octanol–water partition coefficient (Wildman–Crippen LogP) is 1.87. The molecule has 0 aliphatic heterocycles. The molecule has 0 aliphatic rings. The molecule has 86 valence electrons. The average Bonchev–Trinajstić information content (AvgIpc) is 2.22. The molecule has 1 aromatic rings. The number of carbonyl (C=O) groups is 1. The second kappa shape index (κ2) is 4.44. The number of nitro groups is 1. The Hall–Kier alpha value is -1.70. The van der Waals surface area contributed by atoms with E-state index in [-0.39, 0.29) is 4.47 Å². The Morgan fingerprint density at radius 1 is 1.69 bits per heavy atom. The molecule has 0 amide bonds. The van der Waals surface area contributed by atoms with E-state index in [1.807, 2.05) is 0 Å². The van der Waals surface area contributed by atoms with Crippen molar-refractivity contribution in [2.75, 3.05) is 12.8 Å². The van der Waals surface area contributed by atoms with Crippen LogP contribution in [0, 0.1) is 15.9 Å². The highest BCUT2D eigenvalue weighted by Gasteiger charge is 2.26. The zero-order valence-corrected chi connectivity index (χ0v) is 9.58. The molecule has 0 radical (unpaired) electrons. The van der Waals surface area contributed by atoms with Gasteiger partial charge in [-0.2, -0.15) is 0 Å². The first kappa shape index (κ1) is 12.4. The van der Waals surface area contributed by atoms with Crippen LogP contribution in [0.25, 0.3) is 0 Å². The minimum Gasteiger partial charge on any atom is -0.465 e. The first-order valence-electron chi connectivity index (χ1n) is 3.90. The van der Waals surface area contributed by atoms with Crippen molar-refractivity contribution in [3.8, 4) is 0 Å². The summed E-state index contributed by atoms with van der Waals surface area (Å²) in [5.41, 5.74) is 3.56. The van der Waals surface area contributed by atoms with Gasteiger partial charge in [-0.3, -0.25) is 10.1 Å². The van der Waals surface area contributed by atoms with Crippen LogP contribution in [0.2, 0.25) is 0 Å². The number of hydrogen-bond donors (Lipinski definition) is 1. The highest BCUT2D eigenvalue weighted by atomic mass is 79.9. The van der Waals surface area contributed by atoms with Gasteiger partial charge in [-0.1, -0.05) is 0 Å². The van der Waals surface area contributed by atoms with Gasteiger partial charge >= 0.3 is 5.97 Å². The molecule has 0 atom stereocenters. The third kappa shape index (κ3) is 1.96. The highest BCUT2D eigenvalue weighted by molar-refractivity contribution is 9.10. The van der Waals surface area contributed by atoms with Crippen molar-refractivity contribution in [3.05, 3.63) is 32.0 Å². The number of methoxy groups -OCH3 is 1. The van der Waals surface area contributed by atoms with Gasteiger partial charge in [0.1, 0.15) is 11.3 Å². The first-order valence-corrected chi connectivity index (χ1v) is 4.69. The quantitative estimate of drug-likeness (QED) is 0.388. The summed E-state index contributed by atoms with van der Waals surface area (Å²) in [5, 5.41) is 10.6. The van der Waals surface area contributed by atoms with E-state index in [0.717, 1.165) is 13.2 Å². The van der Waals surface area contributed by atoms with Crippen molar-refractivity contribution in [2.24, 2.45) is 0 Å². The summed E-state index contributed by atoms with van der Waals surface area (Å²) >= 11 is 2.75. The lowest BCUT2D eigenvalue weighted by Gasteiger charge is -2.06. The minimum atomic E-state index is -1.07. The van der Waals surface area contributed by atoms with Gasteiger partial charge in [-0.05, 0) is 15.9 Å². The molecule has 0 heterocycles. The van der Waals surface area contributed by atoms with Gasteiger partial charge in [-0.25, -0.2) is 9.18 Å². The van der Waals surface area contributed by atoms with Gasteiger partial charge < -0.3 is 10.5 Å². The molecular formula is C8H6BrFN2O4. The number of rotatable bonds is 2. The molecule has 0 bridgehead atoms. The Labute approximate surface area is 97.5 Å². The topological polar surface area (TPSA) is 95.5 Å². The lowest BCUT2D eigenvalue weighted by atomic mass is 10.1. The standard InChI is InChI=1S/C8H6BrFN2O4/c1-16-8(13)5-6(10)3(9)2-4(7(5)11)12(14)15/h2H,11H2,1H3. The lowest BCUT2D eigenvalue weighted by Crippen LogP contribution is -2.11. The number of ether oxygens (including phenoxy) is 1. The summed E-state index contributed by atoms with van der Waals surface area (Å²) in [6.07, 6.45) is 0. The van der Waals surface area contributed by atoms with E-state index in [1.54, 1.807) is 0 Å². The van der Waals surface area contributed by atoms with Gasteiger partial charge in [0.05, 0.1) is 16.5 Å². The molecule has 0 aliphatic carbocycles. The molecule has 0 aromatic heterocycles. The molecule has 0 saturated carbocycles. The van der Waals surface area contributed by atoms with Crippen molar-refractivity contribution >= 4 is 33.3 Å². The Kier molecular flexibility index (Phi) is 3.43. The molecule has 8 heteroatoms. The van der Waals surface area contributed by atoms with Crippen LogP contribution in [0.5, 0.6) is 0 Å². The third-order valence-corrected chi connectivity index (χ3v) is 2.40. The molecular weight excluding hydrogens is 287 g/mol. The van der Waals surface area contributed by atoms with Gasteiger partial charge in [0.2, 0.25) is 0 Å². The van der Waals surface area contributed by atoms with E-state index < -0.39 is 33.6 Å². The average molecular weight is 293 g/mol. The summed E-state index contributed by atoms with van der Waals surface area (Å²) in [7, 11) is 1.02. The summed E-state index contributed by atoms with van der Waals surface area (Å²) in [5.74, 6) is -2.06. The summed E-state index contributed by atoms with van der Waals surface area (Å²) in [4.78, 5) is 21.0. The maximum Gasteiger partial charge on any atom is 0.343 e. The molecule has 1 aromatic carbocycles. The monoisotopic (exact) mass is 292 g/mol. The van der Waals surface area contributed by atoms with Crippen molar-refractivity contribution < 1.29 is 18.8 Å². The predicted molar refractivity (Wildman–Crippen MR) is 56.5 cm³/mol. The number of halogens is 2. The zero-order valence-electron chi connectivity index (χ0n) is 7.99. The van der Waals surface area contributed by atoms with E-state index in [4.69, 9.17) is 5.73 Å². The van der Waals surface area contributed by atoms with Crippen LogP contribution in [0.3, 0.4) is 0 Å². The summed E-state index contributed by atoms with van der Waals surface area (Å²) in [6.45, 7) is 0. The van der Waals surface area contributed by atoms with Crippen molar-refractivity contribution in [2.45, 2.75) is 0 Å². The molecule has 0 unspecified atom stereocenters. The number of nitrogen functional groups attached to an aromatic ring is 1. The SMILES string of the molecule is COC(=O)c1c(N)c([N+](=O)[O-])cc(Br)c1F. The minimum absolute atomic E-state index is 0.228. The van der Waals surface area contributed by atoms with Gasteiger partial charge in [0.15, 0.2) is 5.82 Å². The zero-order chi connectivity index (χ0) is 12.5. The van der Waals surface area contributed by atoms with Crippen LogP contribution >= 0.6 is 15.9 Å². The number of hydrogen-bond acceptors (Lipinski definition) is 5. The number of benzene rings is 1. The van der Waals surface area contributed by atoms with E-state index in [2.05, 4.69) is 20.7 Å². The molecule has 2 N–H and O–H groups in total. The largest absolute Gasteiger partial charge is 0.465 e. The highest BCUT2D eigenvalue weighted by Crippen LogP contribution is 2.33. The maximum absolute atomic E-state index is 13.5. The fourth-order valence-electron chi connectivity index (χ4n) is 1.08. The molecule has 6 nitrogen and oxygen atoms in total. The van der Waals surface area contributed by atoms with Crippen LogP contribution in [0.1, 0.15) is 10.4 Å². The summed E-state index contributed by atoms with van der Waals surface area (Å²) in [6, 6.07) is 0.886. The van der Waals surface area contributed by atoms with Gasteiger partial charge in [-0.15, -0.1) is 0 Å². The fourth-order valence-corrected chi connectivity index (χ4v) is 1.49. The Balaban J connectivity index is 3.58. The normalized spacial score (nSPS) is 9.94. The molecule has 0 saturated heterocycles. The second-order valence-electron chi connectivity index (χ2n) is 2.73. The van der Waals surface area contributed by atoms with Crippen molar-refractivity contribution in [1.82, 2.24) is 0 Å². The smallest absolute Gasteiger partial charge is 0.343 e. The van der Waals surface area contributed by atoms with Crippen molar-refractivity contribution in [3.63, 3.8) is 0 Å². The molecule has 0 spiro atoms. The Bertz CT molecular complexity index is 478. The molecule has 16 heavy (non-hydrogen) atoms. The number of nitro benzene ring substituents is 1. The summed E-state index contributed by atoms with van der Waals surface area (Å²) < 4.78 is 17.6. The van der Waals surface area contributed by atoms with Gasteiger partial charge in [0, 0.05) is 6.07 Å². The van der Waals surface area contributed by atoms with Gasteiger partial charge in [0.25, 0.3) is 5.69 Å². The fraction of sp³-hybridized carbons (Fsp3) is 0.125. The van der Waals surface area contributed by atoms with E-state index in [9.17, 15) is 19.3 Å². The lowest BCUT2D eigenvalue weighted by molar-refractivity contribution is -0.384. The maximum atomic E-state index is 13.5. The number of carbonyl (C=O) groups excluding carboxylic acids is 1. The third-order valence-electron chi connectivity index (χ3n) is 1.82. The van der Waals surface area contributed by atoms with E-state index >= 15 is 0 Å². The Morgan fingerprint density at radius 2 is 2.25 bits per heavy atom. The number of nitrogens with zero attached hydrogens (tertiary/aromatic N) is 1. The van der Waals surface area contributed by atoms with Crippen molar-refractivity contribution in [1.29, 1.82) is 0 Å². The van der Waals surface area contributed by atoms with Crippen LogP contribution in [0.4, 0.5) is 15.8 Å². The number of anilines is 1. The second-order valence-corrected chi connectivity index (χ2v) is 3.58. The number of nitrogens with two attached hydrogens (primary N) is 1. The molecule has 0 fully saturated rings. The van der Waals surface area contributed by atoms with E-state index in [0.29, 0.717) is 0 Å². The van der Waals surface area contributed by atoms with Crippen LogP contribution in [-0.4, -0.2) is 18.0 Å². The van der Waals surface area contributed by atoms with E-state index in [1.165, 1.54) is 0 Å². The Morgan fingerprint density at radius 3 is 2.69 bits per heavy atom. The van der Waals surface area contributed by atoms with Crippen LogP contribution in [-0.2, 0) is 4.74 Å². The molecule has 1 rings (SSSR count). The van der Waals surface area contributed by atoms with Crippen LogP contribution in [0.15, 0.2) is 10.5 Å².